The molecule has 1 aromatic rings. The Balaban J connectivity index is 1.89. The van der Waals surface area contributed by atoms with Gasteiger partial charge in [-0.15, -0.1) is 0 Å². The number of nitrogens with zero attached hydrogens (tertiary/aromatic N) is 1. The Kier molecular flexibility index (Phi) is 5.41. The van der Waals surface area contributed by atoms with E-state index >= 15 is 0 Å². The van der Waals surface area contributed by atoms with E-state index in [1.807, 2.05) is 32.0 Å². The number of carbonyl (C=O) groups is 2. The van der Waals surface area contributed by atoms with Crippen LogP contribution >= 0.6 is 0 Å². The van der Waals surface area contributed by atoms with Gasteiger partial charge in [-0.25, -0.2) is 4.79 Å². The predicted octanol–water partition coefficient (Wildman–Crippen LogP) is 2.65. The molecule has 1 aliphatic rings. The third-order valence-corrected chi connectivity index (χ3v) is 3.99. The van der Waals surface area contributed by atoms with Gasteiger partial charge < -0.3 is 15.0 Å². The van der Waals surface area contributed by atoms with Gasteiger partial charge in [0.25, 0.3) is 5.91 Å². The van der Waals surface area contributed by atoms with Crippen molar-refractivity contribution < 1.29 is 14.3 Å². The molecule has 0 unspecified atom stereocenters. The van der Waals surface area contributed by atoms with Crippen molar-refractivity contribution in [2.45, 2.75) is 39.7 Å². The summed E-state index contributed by atoms with van der Waals surface area (Å²) in [5.41, 5.74) is 2.78. The van der Waals surface area contributed by atoms with E-state index in [1.165, 1.54) is 0 Å². The molecule has 1 fully saturated rings. The number of hydrogen-bond donors (Lipinski definition) is 1. The third kappa shape index (κ3) is 4.00. The average Bonchev–Trinajstić information content (AvgIpc) is 2.50. The van der Waals surface area contributed by atoms with Gasteiger partial charge in [0.1, 0.15) is 0 Å². The maximum Gasteiger partial charge on any atom is 0.409 e. The Morgan fingerprint density at radius 2 is 1.95 bits per heavy atom. The smallest absolute Gasteiger partial charge is 0.409 e. The van der Waals surface area contributed by atoms with Crippen LogP contribution in [-0.2, 0) is 4.74 Å². The van der Waals surface area contributed by atoms with Crippen molar-refractivity contribution in [2.24, 2.45) is 0 Å². The number of aryl methyl sites for hydroxylation is 2. The zero-order chi connectivity index (χ0) is 16.1. The maximum absolute atomic E-state index is 12.4. The highest BCUT2D eigenvalue weighted by Crippen LogP contribution is 2.14. The van der Waals surface area contributed by atoms with Crippen LogP contribution < -0.4 is 5.32 Å². The molecule has 2 rings (SSSR count). The van der Waals surface area contributed by atoms with Crippen LogP contribution in [-0.4, -0.2) is 42.6 Å². The zero-order valence-corrected chi connectivity index (χ0v) is 13.5. The highest BCUT2D eigenvalue weighted by molar-refractivity contribution is 5.96. The van der Waals surface area contributed by atoms with Crippen LogP contribution in [0.5, 0.6) is 0 Å². The Bertz CT molecular complexity index is 549. The number of amides is 2. The molecule has 1 heterocycles. The minimum absolute atomic E-state index is 0.0317. The lowest BCUT2D eigenvalue weighted by molar-refractivity contribution is 0.0859. The van der Waals surface area contributed by atoms with Crippen LogP contribution in [0.15, 0.2) is 18.2 Å². The largest absolute Gasteiger partial charge is 0.450 e. The van der Waals surface area contributed by atoms with Gasteiger partial charge in [0.05, 0.1) is 6.61 Å². The van der Waals surface area contributed by atoms with Gasteiger partial charge >= 0.3 is 6.09 Å². The molecule has 0 bridgehead atoms. The first-order chi connectivity index (χ1) is 10.5. The number of rotatable bonds is 3. The number of nitrogens with one attached hydrogen (secondary N) is 1. The summed E-state index contributed by atoms with van der Waals surface area (Å²) in [5, 5.41) is 3.08. The molecule has 0 radical (unpaired) electrons. The van der Waals surface area contributed by atoms with Gasteiger partial charge in [-0.1, -0.05) is 17.7 Å². The molecule has 120 valence electrons. The SMILES string of the molecule is CCOC(=O)N1CCC(NC(=O)c2cc(C)ccc2C)CC1. The summed E-state index contributed by atoms with van der Waals surface area (Å²) in [6, 6.07) is 5.99. The lowest BCUT2D eigenvalue weighted by Crippen LogP contribution is -2.46. The van der Waals surface area contributed by atoms with Gasteiger partial charge in [0.2, 0.25) is 0 Å². The summed E-state index contributed by atoms with van der Waals surface area (Å²) in [5.74, 6) is -0.0317. The second kappa shape index (κ2) is 7.29. The number of likely N-dealkylation sites (tertiary alicyclic amines) is 1. The average molecular weight is 304 g/mol. The molecule has 0 spiro atoms. The predicted molar refractivity (Wildman–Crippen MR) is 85.0 cm³/mol. The summed E-state index contributed by atoms with van der Waals surface area (Å²) in [4.78, 5) is 25.7. The van der Waals surface area contributed by atoms with E-state index in [9.17, 15) is 9.59 Å². The molecular formula is C17H24N2O3. The van der Waals surface area contributed by atoms with Crippen molar-refractivity contribution in [1.29, 1.82) is 0 Å². The lowest BCUT2D eigenvalue weighted by atomic mass is 10.0. The quantitative estimate of drug-likeness (QED) is 0.934. The molecule has 1 saturated heterocycles. The fourth-order valence-electron chi connectivity index (χ4n) is 2.66. The number of hydrogen-bond acceptors (Lipinski definition) is 3. The van der Waals surface area contributed by atoms with E-state index in [4.69, 9.17) is 4.74 Å². The summed E-state index contributed by atoms with van der Waals surface area (Å²) >= 11 is 0. The van der Waals surface area contributed by atoms with Crippen molar-refractivity contribution in [3.8, 4) is 0 Å². The van der Waals surface area contributed by atoms with E-state index in [0.29, 0.717) is 19.7 Å². The van der Waals surface area contributed by atoms with Crippen LogP contribution in [0.3, 0.4) is 0 Å². The minimum atomic E-state index is -0.262. The molecule has 1 aromatic carbocycles. The van der Waals surface area contributed by atoms with Gasteiger partial charge in [0.15, 0.2) is 0 Å². The van der Waals surface area contributed by atoms with Gasteiger partial charge in [-0.3, -0.25) is 4.79 Å². The second-order valence-corrected chi connectivity index (χ2v) is 5.75. The van der Waals surface area contributed by atoms with Crippen LogP contribution in [0.2, 0.25) is 0 Å². The molecule has 1 aliphatic heterocycles. The van der Waals surface area contributed by atoms with E-state index < -0.39 is 0 Å². The highest BCUT2D eigenvalue weighted by Gasteiger charge is 2.25. The summed E-state index contributed by atoms with van der Waals surface area (Å²) in [7, 11) is 0. The molecule has 0 saturated carbocycles. The van der Waals surface area contributed by atoms with E-state index in [2.05, 4.69) is 5.32 Å². The van der Waals surface area contributed by atoms with Gasteiger partial charge in [-0.05, 0) is 45.2 Å². The number of ether oxygens (including phenoxy) is 1. The fraction of sp³-hybridized carbons (Fsp3) is 0.529. The topological polar surface area (TPSA) is 58.6 Å². The van der Waals surface area contributed by atoms with E-state index in [0.717, 1.165) is 29.5 Å². The maximum atomic E-state index is 12.4. The molecule has 22 heavy (non-hydrogen) atoms. The minimum Gasteiger partial charge on any atom is -0.450 e. The molecule has 2 amide bonds. The van der Waals surface area contributed by atoms with E-state index in [-0.39, 0.29) is 18.0 Å². The third-order valence-electron chi connectivity index (χ3n) is 3.99. The monoisotopic (exact) mass is 304 g/mol. The Labute approximate surface area is 131 Å². The van der Waals surface area contributed by atoms with E-state index in [1.54, 1.807) is 11.8 Å². The number of benzene rings is 1. The van der Waals surface area contributed by atoms with Crippen LogP contribution in [0.25, 0.3) is 0 Å². The van der Waals surface area contributed by atoms with Crippen LogP contribution in [0.4, 0.5) is 4.79 Å². The molecule has 1 N–H and O–H groups in total. The standard InChI is InChI=1S/C17H24N2O3/c1-4-22-17(21)19-9-7-14(8-10-19)18-16(20)15-11-12(2)5-6-13(15)3/h5-6,11,14H,4,7-10H2,1-3H3,(H,18,20). The molecule has 0 aliphatic carbocycles. The first-order valence-electron chi connectivity index (χ1n) is 7.81. The summed E-state index contributed by atoms with van der Waals surface area (Å²) in [6.45, 7) is 7.36. The van der Waals surface area contributed by atoms with Crippen molar-refractivity contribution >= 4 is 12.0 Å². The molecular weight excluding hydrogens is 280 g/mol. The Morgan fingerprint density at radius 1 is 1.27 bits per heavy atom. The van der Waals surface area contributed by atoms with Gasteiger partial charge in [0, 0.05) is 24.7 Å². The lowest BCUT2D eigenvalue weighted by Gasteiger charge is -2.31. The number of carbonyl (C=O) groups excluding carboxylic acids is 2. The summed E-state index contributed by atoms with van der Waals surface area (Å²) in [6.07, 6.45) is 1.26. The molecule has 5 nitrogen and oxygen atoms in total. The van der Waals surface area contributed by atoms with Crippen molar-refractivity contribution in [2.75, 3.05) is 19.7 Å². The second-order valence-electron chi connectivity index (χ2n) is 5.75. The van der Waals surface area contributed by atoms with Crippen molar-refractivity contribution in [1.82, 2.24) is 10.2 Å². The summed E-state index contributed by atoms with van der Waals surface area (Å²) < 4.78 is 5.00. The van der Waals surface area contributed by atoms with Crippen molar-refractivity contribution in [3.63, 3.8) is 0 Å². The van der Waals surface area contributed by atoms with Gasteiger partial charge in [-0.2, -0.15) is 0 Å². The Morgan fingerprint density at radius 3 is 2.59 bits per heavy atom. The molecule has 0 atom stereocenters. The molecule has 0 aromatic heterocycles. The van der Waals surface area contributed by atoms with Crippen LogP contribution in [0, 0.1) is 13.8 Å². The Hall–Kier alpha value is -2.04. The first-order valence-corrected chi connectivity index (χ1v) is 7.81. The molecule has 5 heteroatoms. The van der Waals surface area contributed by atoms with Crippen molar-refractivity contribution in [3.05, 3.63) is 34.9 Å². The first kappa shape index (κ1) is 16.3. The highest BCUT2D eigenvalue weighted by atomic mass is 16.6. The zero-order valence-electron chi connectivity index (χ0n) is 13.5. The van der Waals surface area contributed by atoms with Crippen LogP contribution in [0.1, 0.15) is 41.3 Å². The fourth-order valence-corrected chi connectivity index (χ4v) is 2.66. The normalized spacial score (nSPS) is 15.5. The number of piperidine rings is 1.